The van der Waals surface area contributed by atoms with E-state index in [1.807, 2.05) is 12.1 Å². The summed E-state index contributed by atoms with van der Waals surface area (Å²) in [6.07, 6.45) is 0.930. The summed E-state index contributed by atoms with van der Waals surface area (Å²) in [5.74, 6) is 0. The second-order valence-corrected chi connectivity index (χ2v) is 4.55. The maximum atomic E-state index is 6.20. The van der Waals surface area contributed by atoms with Crippen molar-refractivity contribution in [2.24, 2.45) is 5.73 Å². The van der Waals surface area contributed by atoms with Crippen LogP contribution in [0.15, 0.2) is 24.3 Å². The predicted octanol–water partition coefficient (Wildman–Crippen LogP) is 2.20. The summed E-state index contributed by atoms with van der Waals surface area (Å²) in [5.41, 5.74) is 8.58. The number of anilines is 1. The van der Waals surface area contributed by atoms with E-state index in [1.54, 1.807) is 14.2 Å². The summed E-state index contributed by atoms with van der Waals surface area (Å²) in [5, 5.41) is 0. The summed E-state index contributed by atoms with van der Waals surface area (Å²) in [7, 11) is 3.44. The minimum Gasteiger partial charge on any atom is -0.383 e. The van der Waals surface area contributed by atoms with Crippen molar-refractivity contribution in [1.29, 1.82) is 0 Å². The standard InChI is InChI=1S/C15H26N2O2/c1-4-14(16)13-7-5-6-8-15(13)17(9-11-18-2)10-12-19-3/h5-8,14H,4,9-12,16H2,1-3H3/t14-/m0/s1. The van der Waals surface area contributed by atoms with Gasteiger partial charge in [0.25, 0.3) is 0 Å². The number of para-hydroxylation sites is 1. The van der Waals surface area contributed by atoms with Gasteiger partial charge in [-0.1, -0.05) is 25.1 Å². The van der Waals surface area contributed by atoms with Gasteiger partial charge < -0.3 is 20.1 Å². The van der Waals surface area contributed by atoms with E-state index in [1.165, 1.54) is 11.3 Å². The Morgan fingerprint density at radius 3 is 2.21 bits per heavy atom. The highest BCUT2D eigenvalue weighted by molar-refractivity contribution is 5.55. The van der Waals surface area contributed by atoms with Crippen LogP contribution in [0.4, 0.5) is 5.69 Å². The molecule has 19 heavy (non-hydrogen) atoms. The van der Waals surface area contributed by atoms with Crippen molar-refractivity contribution in [3.05, 3.63) is 29.8 Å². The molecule has 1 rings (SSSR count). The fourth-order valence-corrected chi connectivity index (χ4v) is 2.06. The molecule has 0 aliphatic carbocycles. The molecule has 0 saturated carbocycles. The van der Waals surface area contributed by atoms with Gasteiger partial charge in [0.1, 0.15) is 0 Å². The number of nitrogens with zero attached hydrogens (tertiary/aromatic N) is 1. The Hall–Kier alpha value is -1.10. The first-order valence-corrected chi connectivity index (χ1v) is 6.81. The fourth-order valence-electron chi connectivity index (χ4n) is 2.06. The van der Waals surface area contributed by atoms with Gasteiger partial charge in [-0.3, -0.25) is 0 Å². The van der Waals surface area contributed by atoms with Gasteiger partial charge >= 0.3 is 0 Å². The van der Waals surface area contributed by atoms with Gasteiger partial charge in [0, 0.05) is 39.0 Å². The van der Waals surface area contributed by atoms with Crippen molar-refractivity contribution in [3.8, 4) is 0 Å². The van der Waals surface area contributed by atoms with Crippen LogP contribution in [0.1, 0.15) is 24.9 Å². The average molecular weight is 266 g/mol. The van der Waals surface area contributed by atoms with Crippen LogP contribution < -0.4 is 10.6 Å². The Morgan fingerprint density at radius 2 is 1.68 bits per heavy atom. The molecule has 0 aliphatic rings. The predicted molar refractivity (Wildman–Crippen MR) is 79.6 cm³/mol. The molecule has 0 fully saturated rings. The third-order valence-electron chi connectivity index (χ3n) is 3.25. The van der Waals surface area contributed by atoms with Crippen LogP contribution in [-0.4, -0.2) is 40.5 Å². The van der Waals surface area contributed by atoms with E-state index >= 15 is 0 Å². The van der Waals surface area contributed by atoms with Gasteiger partial charge in [0.15, 0.2) is 0 Å². The molecule has 0 aromatic heterocycles. The number of ether oxygens (including phenoxy) is 2. The van der Waals surface area contributed by atoms with Crippen molar-refractivity contribution >= 4 is 5.69 Å². The molecule has 4 heteroatoms. The van der Waals surface area contributed by atoms with Crippen molar-refractivity contribution in [3.63, 3.8) is 0 Å². The van der Waals surface area contributed by atoms with E-state index in [-0.39, 0.29) is 6.04 Å². The SMILES string of the molecule is CC[C@H](N)c1ccccc1N(CCOC)CCOC. The molecule has 2 N–H and O–H groups in total. The maximum absolute atomic E-state index is 6.20. The Labute approximate surface area is 116 Å². The molecule has 1 aromatic rings. The van der Waals surface area contributed by atoms with Crippen LogP contribution in [0.5, 0.6) is 0 Å². The Kier molecular flexibility index (Phi) is 7.48. The van der Waals surface area contributed by atoms with Gasteiger partial charge in [-0.25, -0.2) is 0 Å². The number of methoxy groups -OCH3 is 2. The van der Waals surface area contributed by atoms with Crippen molar-refractivity contribution in [2.75, 3.05) is 45.4 Å². The van der Waals surface area contributed by atoms with E-state index in [2.05, 4.69) is 24.0 Å². The van der Waals surface area contributed by atoms with Crippen molar-refractivity contribution < 1.29 is 9.47 Å². The number of rotatable bonds is 9. The molecular weight excluding hydrogens is 240 g/mol. The molecular formula is C15H26N2O2. The quantitative estimate of drug-likeness (QED) is 0.744. The zero-order valence-electron chi connectivity index (χ0n) is 12.3. The molecule has 0 amide bonds. The molecule has 0 spiro atoms. The second-order valence-electron chi connectivity index (χ2n) is 4.55. The highest BCUT2D eigenvalue weighted by Crippen LogP contribution is 2.26. The molecule has 1 aromatic carbocycles. The molecule has 0 heterocycles. The Morgan fingerprint density at radius 1 is 1.11 bits per heavy atom. The van der Waals surface area contributed by atoms with Crippen molar-refractivity contribution in [1.82, 2.24) is 0 Å². The monoisotopic (exact) mass is 266 g/mol. The highest BCUT2D eigenvalue weighted by Gasteiger charge is 2.14. The molecule has 0 saturated heterocycles. The number of hydrogen-bond acceptors (Lipinski definition) is 4. The Bertz CT molecular complexity index is 350. The fraction of sp³-hybridized carbons (Fsp3) is 0.600. The summed E-state index contributed by atoms with van der Waals surface area (Å²) < 4.78 is 10.4. The molecule has 0 radical (unpaired) electrons. The summed E-state index contributed by atoms with van der Waals surface area (Å²) in [4.78, 5) is 2.28. The first-order valence-electron chi connectivity index (χ1n) is 6.81. The third-order valence-corrected chi connectivity index (χ3v) is 3.25. The Balaban J connectivity index is 2.92. The minimum absolute atomic E-state index is 0.0730. The maximum Gasteiger partial charge on any atom is 0.0637 e. The normalized spacial score (nSPS) is 12.4. The molecule has 0 aliphatic heterocycles. The van der Waals surface area contributed by atoms with Gasteiger partial charge in [-0.15, -0.1) is 0 Å². The largest absolute Gasteiger partial charge is 0.383 e. The zero-order chi connectivity index (χ0) is 14.1. The molecule has 4 nitrogen and oxygen atoms in total. The second kappa shape index (κ2) is 8.91. The number of nitrogens with two attached hydrogens (primary N) is 1. The van der Waals surface area contributed by atoms with E-state index < -0.39 is 0 Å². The molecule has 1 atom stereocenters. The van der Waals surface area contributed by atoms with E-state index in [0.717, 1.165) is 19.5 Å². The molecule has 0 unspecified atom stereocenters. The number of hydrogen-bond donors (Lipinski definition) is 1. The highest BCUT2D eigenvalue weighted by atomic mass is 16.5. The van der Waals surface area contributed by atoms with Crippen molar-refractivity contribution in [2.45, 2.75) is 19.4 Å². The van der Waals surface area contributed by atoms with Crippen LogP contribution in [0.2, 0.25) is 0 Å². The lowest BCUT2D eigenvalue weighted by atomic mass is 10.0. The van der Waals surface area contributed by atoms with Gasteiger partial charge in [0.05, 0.1) is 13.2 Å². The number of benzene rings is 1. The smallest absolute Gasteiger partial charge is 0.0637 e. The lowest BCUT2D eigenvalue weighted by Crippen LogP contribution is -2.32. The van der Waals surface area contributed by atoms with Gasteiger partial charge in [0.2, 0.25) is 0 Å². The minimum atomic E-state index is 0.0730. The summed E-state index contributed by atoms with van der Waals surface area (Å²) >= 11 is 0. The van der Waals surface area contributed by atoms with Gasteiger partial charge in [-0.05, 0) is 18.1 Å². The summed E-state index contributed by atoms with van der Waals surface area (Å²) in [6.45, 7) is 5.18. The van der Waals surface area contributed by atoms with Crippen LogP contribution in [0.3, 0.4) is 0 Å². The molecule has 0 bridgehead atoms. The average Bonchev–Trinajstić information content (AvgIpc) is 2.47. The van der Waals surface area contributed by atoms with Gasteiger partial charge in [-0.2, -0.15) is 0 Å². The lowest BCUT2D eigenvalue weighted by molar-refractivity contribution is 0.190. The third kappa shape index (κ3) is 4.82. The van der Waals surface area contributed by atoms with Crippen LogP contribution in [0, 0.1) is 0 Å². The van der Waals surface area contributed by atoms with E-state index in [9.17, 15) is 0 Å². The summed E-state index contributed by atoms with van der Waals surface area (Å²) in [6, 6.07) is 8.39. The van der Waals surface area contributed by atoms with E-state index in [4.69, 9.17) is 15.2 Å². The van der Waals surface area contributed by atoms with Crippen LogP contribution >= 0.6 is 0 Å². The van der Waals surface area contributed by atoms with E-state index in [0.29, 0.717) is 13.2 Å². The van der Waals surface area contributed by atoms with Crippen LogP contribution in [-0.2, 0) is 9.47 Å². The first-order chi connectivity index (χ1) is 9.24. The lowest BCUT2D eigenvalue weighted by Gasteiger charge is -2.28. The first kappa shape index (κ1) is 16.0. The molecule has 108 valence electrons. The van der Waals surface area contributed by atoms with Crippen LogP contribution in [0.25, 0.3) is 0 Å². The zero-order valence-corrected chi connectivity index (χ0v) is 12.3. The topological polar surface area (TPSA) is 47.7 Å².